The first-order valence-corrected chi connectivity index (χ1v) is 9.98. The zero-order valence-corrected chi connectivity index (χ0v) is 17.2. The molecule has 1 aliphatic heterocycles. The molecule has 1 aromatic carbocycles. The van der Waals surface area contributed by atoms with Gasteiger partial charge in [0, 0.05) is 12.3 Å². The molecule has 1 atom stereocenters. The highest BCUT2D eigenvalue weighted by Gasteiger charge is 2.25. The van der Waals surface area contributed by atoms with Gasteiger partial charge in [0.05, 0.1) is 31.1 Å². The molecule has 30 heavy (non-hydrogen) atoms. The second kappa shape index (κ2) is 9.59. The van der Waals surface area contributed by atoms with Crippen LogP contribution in [0.15, 0.2) is 23.4 Å². The van der Waals surface area contributed by atoms with Crippen molar-refractivity contribution in [2.45, 2.75) is 24.1 Å². The number of esters is 2. The van der Waals surface area contributed by atoms with Crippen molar-refractivity contribution in [3.8, 4) is 0 Å². The third-order valence-electron chi connectivity index (χ3n) is 4.30. The molecule has 12 heteroatoms. The lowest BCUT2D eigenvalue weighted by Gasteiger charge is -2.10. The van der Waals surface area contributed by atoms with E-state index in [0.29, 0.717) is 17.6 Å². The standard InChI is InChI=1S/C18H21N5O6S/c1-27-16(25)10-6-11(17(26)28-2)8-12(7-10)20-14(24)9-30-18-22-21-15(23(18)19)13-4-3-5-29-13/h6-8,13H,3-5,9,19H2,1-2H3,(H,20,24)/t13-/m1/s1. The number of nitrogens with one attached hydrogen (secondary N) is 1. The Balaban J connectivity index is 1.67. The molecule has 0 radical (unpaired) electrons. The molecule has 0 aliphatic carbocycles. The van der Waals surface area contributed by atoms with Crippen LogP contribution in [0, 0.1) is 0 Å². The number of carbonyl (C=O) groups excluding carboxylic acids is 3. The summed E-state index contributed by atoms with van der Waals surface area (Å²) >= 11 is 1.10. The summed E-state index contributed by atoms with van der Waals surface area (Å²) in [4.78, 5) is 36.1. The van der Waals surface area contributed by atoms with Gasteiger partial charge in [0.25, 0.3) is 0 Å². The Kier molecular flexibility index (Phi) is 6.90. The van der Waals surface area contributed by atoms with Crippen LogP contribution >= 0.6 is 11.8 Å². The van der Waals surface area contributed by atoms with Crippen molar-refractivity contribution in [2.75, 3.05) is 37.7 Å². The summed E-state index contributed by atoms with van der Waals surface area (Å²) < 4.78 is 16.2. The minimum Gasteiger partial charge on any atom is -0.465 e. The first kappa shape index (κ1) is 21.6. The van der Waals surface area contributed by atoms with Gasteiger partial charge in [-0.3, -0.25) is 4.79 Å². The minimum atomic E-state index is -0.650. The molecule has 3 rings (SSSR count). The van der Waals surface area contributed by atoms with Crippen LogP contribution in [-0.2, 0) is 19.0 Å². The third kappa shape index (κ3) is 4.89. The van der Waals surface area contributed by atoms with Crippen molar-refractivity contribution in [3.05, 3.63) is 35.2 Å². The van der Waals surface area contributed by atoms with E-state index in [1.807, 2.05) is 0 Å². The Labute approximate surface area is 176 Å². The predicted octanol–water partition coefficient (Wildman–Crippen LogP) is 1.15. The summed E-state index contributed by atoms with van der Waals surface area (Å²) in [6.45, 7) is 0.653. The van der Waals surface area contributed by atoms with E-state index in [9.17, 15) is 14.4 Å². The lowest BCUT2D eigenvalue weighted by molar-refractivity contribution is -0.113. The quantitative estimate of drug-likeness (QED) is 0.368. The van der Waals surface area contributed by atoms with E-state index in [2.05, 4.69) is 25.0 Å². The average molecular weight is 435 g/mol. The summed E-state index contributed by atoms with van der Waals surface area (Å²) in [6, 6.07) is 4.13. The summed E-state index contributed by atoms with van der Waals surface area (Å²) in [5, 5.41) is 11.1. The summed E-state index contributed by atoms with van der Waals surface area (Å²) in [5.41, 5.74) is 0.454. The lowest BCUT2D eigenvalue weighted by Crippen LogP contribution is -2.19. The molecule has 160 valence electrons. The normalized spacial score (nSPS) is 15.6. The number of hydrogen-bond donors (Lipinski definition) is 2. The molecule has 1 aromatic heterocycles. The molecule has 1 amide bonds. The fraction of sp³-hybridized carbons (Fsp3) is 0.389. The van der Waals surface area contributed by atoms with Crippen LogP contribution in [0.1, 0.15) is 45.5 Å². The number of benzene rings is 1. The van der Waals surface area contributed by atoms with E-state index in [1.165, 1.54) is 37.1 Å². The maximum atomic E-state index is 12.4. The van der Waals surface area contributed by atoms with Crippen molar-refractivity contribution < 1.29 is 28.6 Å². The molecular formula is C18H21N5O6S. The topological polar surface area (TPSA) is 148 Å². The number of carbonyl (C=O) groups is 3. The van der Waals surface area contributed by atoms with Gasteiger partial charge < -0.3 is 25.4 Å². The predicted molar refractivity (Wildman–Crippen MR) is 107 cm³/mol. The van der Waals surface area contributed by atoms with Gasteiger partial charge in [0.1, 0.15) is 6.10 Å². The number of aromatic nitrogens is 3. The average Bonchev–Trinajstić information content (AvgIpc) is 3.40. The fourth-order valence-corrected chi connectivity index (χ4v) is 3.55. The molecule has 1 aliphatic rings. The Morgan fingerprint density at radius 2 is 1.87 bits per heavy atom. The van der Waals surface area contributed by atoms with E-state index in [1.54, 1.807) is 0 Å². The summed E-state index contributed by atoms with van der Waals surface area (Å²) in [7, 11) is 2.44. The number of methoxy groups -OCH3 is 2. The van der Waals surface area contributed by atoms with E-state index >= 15 is 0 Å². The Bertz CT molecular complexity index is 922. The zero-order valence-electron chi connectivity index (χ0n) is 16.4. The number of rotatable bonds is 7. The number of thioether (sulfide) groups is 1. The first-order valence-electron chi connectivity index (χ1n) is 8.99. The largest absolute Gasteiger partial charge is 0.465 e. The van der Waals surface area contributed by atoms with Crippen LogP contribution in [-0.4, -0.2) is 59.3 Å². The van der Waals surface area contributed by atoms with Crippen LogP contribution in [0.25, 0.3) is 0 Å². The molecule has 2 heterocycles. The highest BCUT2D eigenvalue weighted by Crippen LogP contribution is 2.28. The van der Waals surface area contributed by atoms with Crippen LogP contribution in [0.5, 0.6) is 0 Å². The van der Waals surface area contributed by atoms with Crippen molar-refractivity contribution in [2.24, 2.45) is 0 Å². The van der Waals surface area contributed by atoms with Crippen molar-refractivity contribution in [3.63, 3.8) is 0 Å². The van der Waals surface area contributed by atoms with Crippen molar-refractivity contribution >= 4 is 35.3 Å². The van der Waals surface area contributed by atoms with E-state index in [0.717, 1.165) is 24.6 Å². The third-order valence-corrected chi connectivity index (χ3v) is 5.24. The number of nitrogens with two attached hydrogens (primary N) is 1. The van der Waals surface area contributed by atoms with Gasteiger partial charge in [-0.2, -0.15) is 0 Å². The monoisotopic (exact) mass is 435 g/mol. The van der Waals surface area contributed by atoms with E-state index in [4.69, 9.17) is 10.6 Å². The van der Waals surface area contributed by atoms with Gasteiger partial charge in [-0.25, -0.2) is 14.3 Å². The highest BCUT2D eigenvalue weighted by molar-refractivity contribution is 7.99. The second-order valence-electron chi connectivity index (χ2n) is 6.33. The van der Waals surface area contributed by atoms with Crippen LogP contribution < -0.4 is 11.2 Å². The van der Waals surface area contributed by atoms with Crippen LogP contribution in [0.2, 0.25) is 0 Å². The van der Waals surface area contributed by atoms with Gasteiger partial charge in [0.2, 0.25) is 11.1 Å². The van der Waals surface area contributed by atoms with Gasteiger partial charge >= 0.3 is 11.9 Å². The number of nitrogen functional groups attached to an aromatic ring is 1. The number of anilines is 1. The number of amides is 1. The molecule has 11 nitrogen and oxygen atoms in total. The van der Waals surface area contributed by atoms with E-state index < -0.39 is 11.9 Å². The molecular weight excluding hydrogens is 414 g/mol. The highest BCUT2D eigenvalue weighted by atomic mass is 32.2. The molecule has 1 fully saturated rings. The zero-order chi connectivity index (χ0) is 21.7. The lowest BCUT2D eigenvalue weighted by atomic mass is 10.1. The molecule has 0 unspecified atom stereocenters. The smallest absolute Gasteiger partial charge is 0.337 e. The van der Waals surface area contributed by atoms with Gasteiger partial charge in [-0.05, 0) is 31.0 Å². The summed E-state index contributed by atoms with van der Waals surface area (Å²) in [5.74, 6) is 4.83. The second-order valence-corrected chi connectivity index (χ2v) is 7.27. The maximum Gasteiger partial charge on any atom is 0.337 e. The molecule has 0 saturated carbocycles. The molecule has 1 saturated heterocycles. The SMILES string of the molecule is COC(=O)c1cc(NC(=O)CSc2nnc([C@H]3CCCO3)n2N)cc(C(=O)OC)c1. The van der Waals surface area contributed by atoms with E-state index in [-0.39, 0.29) is 34.6 Å². The minimum absolute atomic E-state index is 0.0170. The fourth-order valence-electron chi connectivity index (χ4n) is 2.89. The number of nitrogens with zero attached hydrogens (tertiary/aromatic N) is 3. The Hall–Kier alpha value is -3.12. The van der Waals surface area contributed by atoms with Gasteiger partial charge in [-0.15, -0.1) is 10.2 Å². The van der Waals surface area contributed by atoms with Gasteiger partial charge in [-0.1, -0.05) is 11.8 Å². The van der Waals surface area contributed by atoms with Crippen molar-refractivity contribution in [1.82, 2.24) is 14.9 Å². The number of ether oxygens (including phenoxy) is 3. The molecule has 2 aromatic rings. The van der Waals surface area contributed by atoms with Crippen LogP contribution in [0.3, 0.4) is 0 Å². The van der Waals surface area contributed by atoms with Crippen LogP contribution in [0.4, 0.5) is 5.69 Å². The first-order chi connectivity index (χ1) is 14.4. The summed E-state index contributed by atoms with van der Waals surface area (Å²) in [6.07, 6.45) is 1.56. The molecule has 0 bridgehead atoms. The van der Waals surface area contributed by atoms with Gasteiger partial charge in [0.15, 0.2) is 5.82 Å². The molecule has 0 spiro atoms. The van der Waals surface area contributed by atoms with Crippen molar-refractivity contribution in [1.29, 1.82) is 0 Å². The number of hydrogen-bond acceptors (Lipinski definition) is 10. The Morgan fingerprint density at radius 1 is 1.20 bits per heavy atom. The Morgan fingerprint density at radius 3 is 2.43 bits per heavy atom. The maximum absolute atomic E-state index is 12.4. The molecule has 3 N–H and O–H groups in total.